The zero-order valence-corrected chi connectivity index (χ0v) is 11.0. The Morgan fingerprint density at radius 1 is 1.44 bits per heavy atom. The van der Waals surface area contributed by atoms with Crippen molar-refractivity contribution in [3.63, 3.8) is 0 Å². The van der Waals surface area contributed by atoms with E-state index >= 15 is 0 Å². The Hall–Kier alpha value is -0.720. The van der Waals surface area contributed by atoms with Gasteiger partial charge in [-0.3, -0.25) is 0 Å². The number of fused-ring (bicyclic) bond motifs is 1. The normalized spacial score (nSPS) is 37.8. The molecule has 16 heavy (non-hydrogen) atoms. The molecule has 0 unspecified atom stereocenters. The first-order valence-corrected chi connectivity index (χ1v) is 6.53. The van der Waals surface area contributed by atoms with Crippen molar-refractivity contribution in [1.29, 1.82) is 0 Å². The lowest BCUT2D eigenvalue weighted by Gasteiger charge is -2.23. The van der Waals surface area contributed by atoms with Crippen LogP contribution in [0.5, 0.6) is 0 Å². The topological polar surface area (TPSA) is 9.23 Å². The minimum Gasteiger partial charge on any atom is -0.494 e. The SMILES string of the molecule is C/C=C/[C@H]1C[C@H](C)[C@H]2CCC(C)(C)C2=CO1. The van der Waals surface area contributed by atoms with Crippen molar-refractivity contribution in [2.75, 3.05) is 0 Å². The van der Waals surface area contributed by atoms with Crippen molar-refractivity contribution in [1.82, 2.24) is 0 Å². The lowest BCUT2D eigenvalue weighted by Crippen LogP contribution is -2.16. The molecule has 0 aromatic rings. The average Bonchev–Trinajstić information content (AvgIpc) is 2.39. The highest BCUT2D eigenvalue weighted by Gasteiger charge is 2.41. The molecule has 1 saturated carbocycles. The zero-order valence-electron chi connectivity index (χ0n) is 11.0. The number of hydrogen-bond donors (Lipinski definition) is 0. The van der Waals surface area contributed by atoms with Crippen LogP contribution in [0.4, 0.5) is 0 Å². The molecule has 1 aliphatic carbocycles. The van der Waals surface area contributed by atoms with Gasteiger partial charge in [-0.2, -0.15) is 0 Å². The Kier molecular flexibility index (Phi) is 3.14. The van der Waals surface area contributed by atoms with Gasteiger partial charge in [-0.05, 0) is 55.1 Å². The summed E-state index contributed by atoms with van der Waals surface area (Å²) in [5.74, 6) is 1.50. The van der Waals surface area contributed by atoms with Crippen molar-refractivity contribution in [3.05, 3.63) is 24.0 Å². The number of hydrogen-bond acceptors (Lipinski definition) is 1. The standard InChI is InChI=1S/C15H24O/c1-5-6-12-9-11(2)13-7-8-15(3,4)14(13)10-16-12/h5-6,10-13H,7-9H2,1-4H3/b6-5+/t11-,12-,13+/m0/s1. The molecule has 1 fully saturated rings. The number of rotatable bonds is 1. The van der Waals surface area contributed by atoms with Crippen LogP contribution in [-0.2, 0) is 4.74 Å². The van der Waals surface area contributed by atoms with Crippen LogP contribution in [0.25, 0.3) is 0 Å². The fourth-order valence-electron chi connectivity index (χ4n) is 3.24. The Balaban J connectivity index is 2.22. The predicted molar refractivity (Wildman–Crippen MR) is 68.1 cm³/mol. The third kappa shape index (κ3) is 2.05. The van der Waals surface area contributed by atoms with Gasteiger partial charge in [0.2, 0.25) is 0 Å². The molecular weight excluding hydrogens is 196 g/mol. The maximum absolute atomic E-state index is 5.91. The van der Waals surface area contributed by atoms with E-state index in [2.05, 4.69) is 46.1 Å². The van der Waals surface area contributed by atoms with Gasteiger partial charge in [-0.15, -0.1) is 0 Å². The highest BCUT2D eigenvalue weighted by Crippen LogP contribution is 2.50. The van der Waals surface area contributed by atoms with Gasteiger partial charge >= 0.3 is 0 Å². The van der Waals surface area contributed by atoms with Crippen LogP contribution in [-0.4, -0.2) is 6.10 Å². The second-order valence-corrected chi connectivity index (χ2v) is 6.02. The zero-order chi connectivity index (χ0) is 11.8. The Bertz CT molecular complexity index is 311. The van der Waals surface area contributed by atoms with E-state index in [1.54, 1.807) is 5.57 Å². The van der Waals surface area contributed by atoms with Crippen molar-refractivity contribution in [3.8, 4) is 0 Å². The van der Waals surface area contributed by atoms with Crippen LogP contribution < -0.4 is 0 Å². The van der Waals surface area contributed by atoms with E-state index in [9.17, 15) is 0 Å². The largest absolute Gasteiger partial charge is 0.494 e. The Labute approximate surface area is 99.6 Å². The van der Waals surface area contributed by atoms with Gasteiger partial charge in [0.25, 0.3) is 0 Å². The molecule has 0 amide bonds. The first-order chi connectivity index (χ1) is 7.54. The minimum absolute atomic E-state index is 0.286. The average molecular weight is 220 g/mol. The van der Waals surface area contributed by atoms with Gasteiger partial charge in [0.05, 0.1) is 6.26 Å². The lowest BCUT2D eigenvalue weighted by molar-refractivity contribution is 0.162. The molecule has 0 bridgehead atoms. The number of ether oxygens (including phenoxy) is 1. The lowest BCUT2D eigenvalue weighted by atomic mass is 9.80. The van der Waals surface area contributed by atoms with Crippen LogP contribution in [0.3, 0.4) is 0 Å². The van der Waals surface area contributed by atoms with E-state index in [4.69, 9.17) is 4.74 Å². The highest BCUT2D eigenvalue weighted by molar-refractivity contribution is 5.21. The van der Waals surface area contributed by atoms with Gasteiger partial charge in [-0.1, -0.05) is 26.8 Å². The second-order valence-electron chi connectivity index (χ2n) is 6.02. The molecule has 3 atom stereocenters. The third-order valence-corrected chi connectivity index (χ3v) is 4.33. The van der Waals surface area contributed by atoms with Gasteiger partial charge in [0, 0.05) is 0 Å². The van der Waals surface area contributed by atoms with Crippen LogP contribution in [0.2, 0.25) is 0 Å². The summed E-state index contributed by atoms with van der Waals surface area (Å²) in [5, 5.41) is 0. The monoisotopic (exact) mass is 220 g/mol. The van der Waals surface area contributed by atoms with Crippen LogP contribution >= 0.6 is 0 Å². The van der Waals surface area contributed by atoms with Gasteiger partial charge in [0.15, 0.2) is 0 Å². The van der Waals surface area contributed by atoms with Gasteiger partial charge in [-0.25, -0.2) is 0 Å². The molecule has 0 radical (unpaired) electrons. The van der Waals surface area contributed by atoms with Crippen molar-refractivity contribution >= 4 is 0 Å². The summed E-state index contributed by atoms with van der Waals surface area (Å²) in [6.45, 7) is 9.15. The van der Waals surface area contributed by atoms with Gasteiger partial charge < -0.3 is 4.74 Å². The summed E-state index contributed by atoms with van der Waals surface area (Å²) in [6.07, 6.45) is 10.5. The van der Waals surface area contributed by atoms with E-state index in [-0.39, 0.29) is 6.10 Å². The highest BCUT2D eigenvalue weighted by atomic mass is 16.5. The minimum atomic E-state index is 0.286. The van der Waals surface area contributed by atoms with Crippen molar-refractivity contribution in [2.45, 2.75) is 53.1 Å². The molecule has 0 aromatic carbocycles. The molecule has 1 heterocycles. The number of allylic oxidation sites excluding steroid dienone is 2. The molecule has 2 rings (SSSR count). The molecule has 0 N–H and O–H groups in total. The molecule has 1 nitrogen and oxygen atoms in total. The Morgan fingerprint density at radius 2 is 2.19 bits per heavy atom. The van der Waals surface area contributed by atoms with Crippen molar-refractivity contribution in [2.24, 2.45) is 17.3 Å². The van der Waals surface area contributed by atoms with Gasteiger partial charge in [0.1, 0.15) is 6.10 Å². The molecular formula is C15H24O. The summed E-state index contributed by atoms with van der Waals surface area (Å²) in [7, 11) is 0. The fraction of sp³-hybridized carbons (Fsp3) is 0.733. The van der Waals surface area contributed by atoms with E-state index in [0.717, 1.165) is 18.3 Å². The van der Waals surface area contributed by atoms with E-state index in [1.165, 1.54) is 12.8 Å². The maximum Gasteiger partial charge on any atom is 0.116 e. The second kappa shape index (κ2) is 4.27. The summed E-state index contributed by atoms with van der Waals surface area (Å²) in [5.41, 5.74) is 1.90. The quantitative estimate of drug-likeness (QED) is 0.598. The summed E-state index contributed by atoms with van der Waals surface area (Å²) < 4.78 is 5.91. The molecule has 1 heteroatoms. The first-order valence-electron chi connectivity index (χ1n) is 6.53. The molecule has 90 valence electrons. The molecule has 0 spiro atoms. The first kappa shape index (κ1) is 11.8. The maximum atomic E-state index is 5.91. The summed E-state index contributed by atoms with van der Waals surface area (Å²) in [6, 6.07) is 0. The van der Waals surface area contributed by atoms with Crippen molar-refractivity contribution < 1.29 is 4.74 Å². The smallest absolute Gasteiger partial charge is 0.116 e. The van der Waals surface area contributed by atoms with Crippen LogP contribution in [0, 0.1) is 17.3 Å². The summed E-state index contributed by atoms with van der Waals surface area (Å²) in [4.78, 5) is 0. The molecule has 1 aliphatic heterocycles. The fourth-order valence-corrected chi connectivity index (χ4v) is 3.24. The third-order valence-electron chi connectivity index (χ3n) is 4.33. The molecule has 0 saturated heterocycles. The predicted octanol–water partition coefficient (Wildman–Crippen LogP) is 4.31. The summed E-state index contributed by atoms with van der Waals surface area (Å²) >= 11 is 0. The Morgan fingerprint density at radius 3 is 2.88 bits per heavy atom. The van der Waals surface area contributed by atoms with Crippen LogP contribution in [0.1, 0.15) is 47.0 Å². The van der Waals surface area contributed by atoms with E-state index in [1.807, 2.05) is 0 Å². The molecule has 0 aromatic heterocycles. The van der Waals surface area contributed by atoms with Crippen LogP contribution in [0.15, 0.2) is 24.0 Å². The molecule has 2 aliphatic rings. The van der Waals surface area contributed by atoms with E-state index < -0.39 is 0 Å². The van der Waals surface area contributed by atoms with E-state index in [0.29, 0.717) is 5.41 Å².